The highest BCUT2D eigenvalue weighted by atomic mass is 16.5. The first kappa shape index (κ1) is 11.9. The number of aliphatic hydroxyl groups is 1. The van der Waals surface area contributed by atoms with Crippen LogP contribution in [0.3, 0.4) is 0 Å². The zero-order valence-corrected chi connectivity index (χ0v) is 10.2. The lowest BCUT2D eigenvalue weighted by atomic mass is 9.98. The van der Waals surface area contributed by atoms with Gasteiger partial charge in [-0.05, 0) is 31.1 Å². The lowest BCUT2D eigenvalue weighted by molar-refractivity contribution is -0.153. The molecule has 0 aromatic rings. The fourth-order valence-electron chi connectivity index (χ4n) is 2.97. The summed E-state index contributed by atoms with van der Waals surface area (Å²) in [4.78, 5) is 11.9. The van der Waals surface area contributed by atoms with Crippen molar-refractivity contribution in [2.24, 2.45) is 17.3 Å². The fraction of sp³-hybridized carbons (Fsp3) is 0.923. The molecule has 2 rings (SSSR count). The van der Waals surface area contributed by atoms with Crippen LogP contribution in [0.4, 0.5) is 0 Å². The molecule has 2 saturated carbocycles. The Balaban J connectivity index is 1.84. The Morgan fingerprint density at radius 2 is 1.94 bits per heavy atom. The molecule has 2 aliphatic rings. The third-order valence-electron chi connectivity index (χ3n) is 4.34. The number of carbonyl (C=O) groups is 1. The summed E-state index contributed by atoms with van der Waals surface area (Å²) in [5.74, 6) is -0.0704. The molecule has 0 spiro atoms. The summed E-state index contributed by atoms with van der Waals surface area (Å²) < 4.78 is 5.53. The second-order valence-corrected chi connectivity index (χ2v) is 5.79. The molecular formula is C13H22O3. The molecule has 0 bridgehead atoms. The zero-order chi connectivity index (χ0) is 11.8. The van der Waals surface area contributed by atoms with E-state index in [9.17, 15) is 4.79 Å². The monoisotopic (exact) mass is 226 g/mol. The Bertz CT molecular complexity index is 266. The highest BCUT2D eigenvalue weighted by molar-refractivity contribution is 5.77. The first-order valence-electron chi connectivity index (χ1n) is 6.38. The van der Waals surface area contributed by atoms with Crippen LogP contribution in [0.15, 0.2) is 0 Å². The van der Waals surface area contributed by atoms with Crippen molar-refractivity contribution < 1.29 is 14.6 Å². The summed E-state index contributed by atoms with van der Waals surface area (Å²) in [5, 5.41) is 9.16. The van der Waals surface area contributed by atoms with E-state index in [2.05, 4.69) is 0 Å². The predicted molar refractivity (Wildman–Crippen MR) is 60.8 cm³/mol. The summed E-state index contributed by atoms with van der Waals surface area (Å²) in [6.45, 7) is 4.15. The van der Waals surface area contributed by atoms with E-state index in [-0.39, 0.29) is 35.9 Å². The number of ether oxygens (including phenoxy) is 1. The van der Waals surface area contributed by atoms with Gasteiger partial charge in [-0.15, -0.1) is 0 Å². The second-order valence-electron chi connectivity index (χ2n) is 5.79. The third kappa shape index (κ3) is 2.10. The fourth-order valence-corrected chi connectivity index (χ4v) is 2.97. The number of aliphatic hydroxyl groups excluding tert-OH is 1. The molecule has 0 heterocycles. The largest absolute Gasteiger partial charge is 0.462 e. The summed E-state index contributed by atoms with van der Waals surface area (Å²) in [5.41, 5.74) is -0.0689. The van der Waals surface area contributed by atoms with Gasteiger partial charge in [0, 0.05) is 12.5 Å². The van der Waals surface area contributed by atoms with E-state index < -0.39 is 0 Å². The van der Waals surface area contributed by atoms with Crippen LogP contribution in [-0.2, 0) is 9.53 Å². The summed E-state index contributed by atoms with van der Waals surface area (Å²) in [7, 11) is 0. The van der Waals surface area contributed by atoms with Gasteiger partial charge in [0.1, 0.15) is 6.10 Å². The van der Waals surface area contributed by atoms with Crippen LogP contribution in [0.2, 0.25) is 0 Å². The standard InChI is InChI=1S/C13H22O3/c1-13(2)10(8-14)11(13)12(15)16-9-6-4-3-5-7-9/h9-11,14H,3-8H2,1-2H3. The minimum Gasteiger partial charge on any atom is -0.462 e. The Labute approximate surface area is 97.2 Å². The topological polar surface area (TPSA) is 46.5 Å². The average molecular weight is 226 g/mol. The Morgan fingerprint density at radius 3 is 2.44 bits per heavy atom. The molecular weight excluding hydrogens is 204 g/mol. The predicted octanol–water partition coefficient (Wildman–Crippen LogP) is 2.13. The SMILES string of the molecule is CC1(C)C(CO)C1C(=O)OC1CCCCC1. The van der Waals surface area contributed by atoms with Crippen molar-refractivity contribution in [2.45, 2.75) is 52.1 Å². The van der Waals surface area contributed by atoms with Crippen LogP contribution in [0.5, 0.6) is 0 Å². The summed E-state index contributed by atoms with van der Waals surface area (Å²) >= 11 is 0. The first-order valence-corrected chi connectivity index (χ1v) is 6.38. The third-order valence-corrected chi connectivity index (χ3v) is 4.34. The van der Waals surface area contributed by atoms with E-state index in [1.54, 1.807) is 0 Å². The van der Waals surface area contributed by atoms with Crippen LogP contribution in [0.1, 0.15) is 46.0 Å². The van der Waals surface area contributed by atoms with Crippen molar-refractivity contribution in [3.8, 4) is 0 Å². The van der Waals surface area contributed by atoms with E-state index in [1.807, 2.05) is 13.8 Å². The lowest BCUT2D eigenvalue weighted by Gasteiger charge is -2.22. The molecule has 3 nitrogen and oxygen atoms in total. The molecule has 3 heteroatoms. The van der Waals surface area contributed by atoms with Crippen LogP contribution in [-0.4, -0.2) is 23.8 Å². The zero-order valence-electron chi connectivity index (χ0n) is 10.2. The molecule has 0 aromatic heterocycles. The van der Waals surface area contributed by atoms with Gasteiger partial charge in [-0.2, -0.15) is 0 Å². The molecule has 16 heavy (non-hydrogen) atoms. The minimum absolute atomic E-state index is 0.0689. The van der Waals surface area contributed by atoms with E-state index in [0.29, 0.717) is 0 Å². The van der Waals surface area contributed by atoms with Crippen LogP contribution < -0.4 is 0 Å². The van der Waals surface area contributed by atoms with Crippen molar-refractivity contribution in [2.75, 3.05) is 6.61 Å². The highest BCUT2D eigenvalue weighted by Gasteiger charge is 2.62. The van der Waals surface area contributed by atoms with Gasteiger partial charge >= 0.3 is 5.97 Å². The Hall–Kier alpha value is -0.570. The van der Waals surface area contributed by atoms with E-state index >= 15 is 0 Å². The van der Waals surface area contributed by atoms with Crippen molar-refractivity contribution in [3.63, 3.8) is 0 Å². The van der Waals surface area contributed by atoms with Crippen molar-refractivity contribution >= 4 is 5.97 Å². The van der Waals surface area contributed by atoms with Crippen molar-refractivity contribution in [1.82, 2.24) is 0 Å². The molecule has 0 aromatic carbocycles. The molecule has 0 aliphatic heterocycles. The van der Waals surface area contributed by atoms with E-state index in [0.717, 1.165) is 12.8 Å². The number of hydrogen-bond acceptors (Lipinski definition) is 3. The molecule has 0 saturated heterocycles. The van der Waals surface area contributed by atoms with Crippen LogP contribution in [0.25, 0.3) is 0 Å². The maximum Gasteiger partial charge on any atom is 0.310 e. The summed E-state index contributed by atoms with van der Waals surface area (Å²) in [6, 6.07) is 0. The molecule has 2 aliphatic carbocycles. The van der Waals surface area contributed by atoms with Gasteiger partial charge in [-0.3, -0.25) is 4.79 Å². The molecule has 0 amide bonds. The normalized spacial score (nSPS) is 33.4. The molecule has 2 atom stereocenters. The molecule has 92 valence electrons. The maximum atomic E-state index is 11.9. The van der Waals surface area contributed by atoms with Gasteiger partial charge in [-0.25, -0.2) is 0 Å². The smallest absolute Gasteiger partial charge is 0.310 e. The van der Waals surface area contributed by atoms with Gasteiger partial charge in [0.05, 0.1) is 5.92 Å². The van der Waals surface area contributed by atoms with Crippen LogP contribution in [0, 0.1) is 17.3 Å². The minimum atomic E-state index is -0.0871. The van der Waals surface area contributed by atoms with Gasteiger partial charge in [-0.1, -0.05) is 20.3 Å². The number of carbonyl (C=O) groups excluding carboxylic acids is 1. The molecule has 0 radical (unpaired) electrons. The Kier molecular flexibility index (Phi) is 3.24. The first-order chi connectivity index (χ1) is 7.57. The van der Waals surface area contributed by atoms with Gasteiger partial charge in [0.15, 0.2) is 0 Å². The van der Waals surface area contributed by atoms with E-state index in [4.69, 9.17) is 9.84 Å². The number of rotatable bonds is 3. The van der Waals surface area contributed by atoms with Gasteiger partial charge in [0.2, 0.25) is 0 Å². The molecule has 1 N–H and O–H groups in total. The lowest BCUT2D eigenvalue weighted by Crippen LogP contribution is -2.23. The van der Waals surface area contributed by atoms with Crippen LogP contribution >= 0.6 is 0 Å². The van der Waals surface area contributed by atoms with Crippen molar-refractivity contribution in [1.29, 1.82) is 0 Å². The average Bonchev–Trinajstić information content (AvgIpc) is 2.82. The van der Waals surface area contributed by atoms with E-state index in [1.165, 1.54) is 19.3 Å². The van der Waals surface area contributed by atoms with Gasteiger partial charge < -0.3 is 9.84 Å². The quantitative estimate of drug-likeness (QED) is 0.750. The number of esters is 1. The maximum absolute atomic E-state index is 11.9. The summed E-state index contributed by atoms with van der Waals surface area (Å²) in [6.07, 6.45) is 5.79. The molecule has 2 unspecified atom stereocenters. The van der Waals surface area contributed by atoms with Crippen molar-refractivity contribution in [3.05, 3.63) is 0 Å². The number of hydrogen-bond donors (Lipinski definition) is 1. The van der Waals surface area contributed by atoms with Gasteiger partial charge in [0.25, 0.3) is 0 Å². The molecule has 2 fully saturated rings. The highest BCUT2D eigenvalue weighted by Crippen LogP contribution is 2.58. The Morgan fingerprint density at radius 1 is 1.31 bits per heavy atom. The second kappa shape index (κ2) is 4.36.